The number of hydrogen-bond donors (Lipinski definition) is 0. The minimum absolute atomic E-state index is 0.603. The van der Waals surface area contributed by atoms with Crippen LogP contribution in [0, 0.1) is 0 Å². The molecule has 4 heterocycles. The summed E-state index contributed by atoms with van der Waals surface area (Å²) in [6.45, 7) is 0. The van der Waals surface area contributed by atoms with E-state index in [1.165, 1.54) is 21.8 Å². The van der Waals surface area contributed by atoms with Crippen molar-refractivity contribution in [2.75, 3.05) is 0 Å². The van der Waals surface area contributed by atoms with Crippen molar-refractivity contribution >= 4 is 65.7 Å². The third-order valence-electron chi connectivity index (χ3n) is 11.1. The molecule has 0 spiro atoms. The molecule has 0 atom stereocenters. The summed E-state index contributed by atoms with van der Waals surface area (Å²) in [5, 5.41) is 6.64. The van der Waals surface area contributed by atoms with E-state index in [9.17, 15) is 0 Å². The number of para-hydroxylation sites is 3. The van der Waals surface area contributed by atoms with Crippen molar-refractivity contribution in [1.82, 2.24) is 19.5 Å². The number of hydrogen-bond acceptors (Lipinski definition) is 5. The van der Waals surface area contributed by atoms with E-state index in [2.05, 4.69) is 114 Å². The highest BCUT2D eigenvalue weighted by atomic mass is 16.3. The standard InChI is InChI=1S/C51H30N4O2/c1-3-12-31(13-4-1)49-52-50(32-14-5-2-6-15-32)54-51(53-49)34-23-27-45-42(28-34)41-19-11-18-36(48(41)57-45)33-22-25-39-40-26-24-35(30-47(40)56-46(39)29-33)55-43-20-9-7-16-37(43)38-17-8-10-21-44(38)55/h1-30H. The largest absolute Gasteiger partial charge is 0.456 e. The third kappa shape index (κ3) is 5.01. The first-order valence-corrected chi connectivity index (χ1v) is 19.0. The van der Waals surface area contributed by atoms with Crippen LogP contribution in [-0.4, -0.2) is 19.5 Å². The second-order valence-corrected chi connectivity index (χ2v) is 14.4. The normalized spacial score (nSPS) is 11.9. The predicted molar refractivity (Wildman–Crippen MR) is 230 cm³/mol. The minimum atomic E-state index is 0.603. The molecule has 0 fully saturated rings. The van der Waals surface area contributed by atoms with Gasteiger partial charge in [0.15, 0.2) is 17.5 Å². The van der Waals surface area contributed by atoms with E-state index in [4.69, 9.17) is 23.8 Å². The molecule has 0 aliphatic carbocycles. The summed E-state index contributed by atoms with van der Waals surface area (Å²) in [6, 6.07) is 62.7. The molecular weight excluding hydrogens is 701 g/mol. The number of benzene rings is 8. The highest BCUT2D eigenvalue weighted by Crippen LogP contribution is 2.40. The van der Waals surface area contributed by atoms with Crippen LogP contribution in [0.25, 0.3) is 117 Å². The Morgan fingerprint density at radius 3 is 1.58 bits per heavy atom. The minimum Gasteiger partial charge on any atom is -0.456 e. The number of aromatic nitrogens is 4. The molecule has 0 saturated carbocycles. The molecule has 0 aliphatic heterocycles. The van der Waals surface area contributed by atoms with Crippen LogP contribution in [0.5, 0.6) is 0 Å². The van der Waals surface area contributed by atoms with E-state index in [-0.39, 0.29) is 0 Å². The summed E-state index contributed by atoms with van der Waals surface area (Å²) in [6.07, 6.45) is 0. The average molecular weight is 731 g/mol. The lowest BCUT2D eigenvalue weighted by Gasteiger charge is -2.08. The highest BCUT2D eigenvalue weighted by Gasteiger charge is 2.18. The predicted octanol–water partition coefficient (Wildman–Crippen LogP) is 13.4. The highest BCUT2D eigenvalue weighted by molar-refractivity contribution is 6.13. The second kappa shape index (κ2) is 12.3. The van der Waals surface area contributed by atoms with Crippen molar-refractivity contribution in [1.29, 1.82) is 0 Å². The molecule has 0 aliphatic rings. The Hall–Kier alpha value is -7.83. The molecule has 12 aromatic rings. The van der Waals surface area contributed by atoms with Gasteiger partial charge >= 0.3 is 0 Å². The molecule has 12 rings (SSSR count). The van der Waals surface area contributed by atoms with Crippen LogP contribution in [-0.2, 0) is 0 Å². The van der Waals surface area contributed by atoms with Crippen LogP contribution >= 0.6 is 0 Å². The lowest BCUT2D eigenvalue weighted by Crippen LogP contribution is -2.00. The number of furan rings is 2. The summed E-state index contributed by atoms with van der Waals surface area (Å²) in [5.74, 6) is 1.86. The zero-order chi connectivity index (χ0) is 37.5. The maximum Gasteiger partial charge on any atom is 0.164 e. The van der Waals surface area contributed by atoms with Gasteiger partial charge in [-0.05, 0) is 60.2 Å². The first-order valence-electron chi connectivity index (χ1n) is 19.0. The summed E-state index contributed by atoms with van der Waals surface area (Å²) >= 11 is 0. The van der Waals surface area contributed by atoms with E-state index in [1.807, 2.05) is 72.8 Å². The van der Waals surface area contributed by atoms with Crippen molar-refractivity contribution in [3.8, 4) is 51.0 Å². The smallest absolute Gasteiger partial charge is 0.164 e. The van der Waals surface area contributed by atoms with Gasteiger partial charge in [-0.25, -0.2) is 15.0 Å². The molecule has 266 valence electrons. The lowest BCUT2D eigenvalue weighted by atomic mass is 10.0. The van der Waals surface area contributed by atoms with E-state index < -0.39 is 0 Å². The quantitative estimate of drug-likeness (QED) is 0.176. The Morgan fingerprint density at radius 2 is 0.895 bits per heavy atom. The van der Waals surface area contributed by atoms with Gasteiger partial charge in [0, 0.05) is 66.3 Å². The molecule has 0 N–H and O–H groups in total. The van der Waals surface area contributed by atoms with Crippen molar-refractivity contribution in [3.05, 3.63) is 182 Å². The number of rotatable bonds is 5. The second-order valence-electron chi connectivity index (χ2n) is 14.4. The van der Waals surface area contributed by atoms with Gasteiger partial charge in [-0.1, -0.05) is 121 Å². The van der Waals surface area contributed by atoms with Gasteiger partial charge in [0.1, 0.15) is 22.3 Å². The molecule has 6 nitrogen and oxygen atoms in total. The van der Waals surface area contributed by atoms with Crippen molar-refractivity contribution < 1.29 is 8.83 Å². The molecule has 0 radical (unpaired) electrons. The van der Waals surface area contributed by atoms with E-state index in [0.29, 0.717) is 17.5 Å². The molecule has 4 aromatic heterocycles. The van der Waals surface area contributed by atoms with Crippen LogP contribution in [0.2, 0.25) is 0 Å². The Morgan fingerprint density at radius 1 is 0.333 bits per heavy atom. The molecule has 0 bridgehead atoms. The summed E-state index contributed by atoms with van der Waals surface area (Å²) in [7, 11) is 0. The van der Waals surface area contributed by atoms with Crippen LogP contribution in [0.15, 0.2) is 191 Å². The lowest BCUT2D eigenvalue weighted by molar-refractivity contribution is 0.668. The fourth-order valence-corrected chi connectivity index (χ4v) is 8.38. The van der Waals surface area contributed by atoms with Gasteiger partial charge in [-0.15, -0.1) is 0 Å². The Kier molecular flexibility index (Phi) is 6.83. The van der Waals surface area contributed by atoms with Crippen LogP contribution in [0.4, 0.5) is 0 Å². The monoisotopic (exact) mass is 730 g/mol. The Bertz CT molecular complexity index is 3410. The molecule has 6 heteroatoms. The Labute approximate surface area is 325 Å². The first kappa shape index (κ1) is 31.5. The van der Waals surface area contributed by atoms with Gasteiger partial charge in [-0.2, -0.15) is 0 Å². The molecule has 57 heavy (non-hydrogen) atoms. The molecule has 0 amide bonds. The van der Waals surface area contributed by atoms with E-state index in [0.717, 1.165) is 77.4 Å². The van der Waals surface area contributed by atoms with Crippen LogP contribution in [0.1, 0.15) is 0 Å². The van der Waals surface area contributed by atoms with Gasteiger partial charge in [0.25, 0.3) is 0 Å². The SMILES string of the molecule is c1ccc(-c2nc(-c3ccccc3)nc(-c3ccc4oc5c(-c6ccc7c(c6)oc6cc(-n8c9ccccc9c9ccccc98)ccc67)cccc5c4c3)n2)cc1. The summed E-state index contributed by atoms with van der Waals surface area (Å²) < 4.78 is 15.6. The maximum absolute atomic E-state index is 6.63. The fourth-order valence-electron chi connectivity index (χ4n) is 8.38. The fraction of sp³-hybridized carbons (Fsp3) is 0. The van der Waals surface area contributed by atoms with Crippen LogP contribution < -0.4 is 0 Å². The number of fused-ring (bicyclic) bond motifs is 9. The van der Waals surface area contributed by atoms with E-state index >= 15 is 0 Å². The topological polar surface area (TPSA) is 69.9 Å². The first-order chi connectivity index (χ1) is 28.2. The molecule has 8 aromatic carbocycles. The Balaban J connectivity index is 0.958. The van der Waals surface area contributed by atoms with Crippen molar-refractivity contribution in [2.24, 2.45) is 0 Å². The van der Waals surface area contributed by atoms with E-state index in [1.54, 1.807) is 0 Å². The van der Waals surface area contributed by atoms with Crippen LogP contribution in [0.3, 0.4) is 0 Å². The van der Waals surface area contributed by atoms with Gasteiger partial charge < -0.3 is 13.4 Å². The molecule has 0 unspecified atom stereocenters. The number of nitrogens with zero attached hydrogens (tertiary/aromatic N) is 4. The van der Waals surface area contributed by atoms with Gasteiger partial charge in [0.05, 0.1) is 11.0 Å². The van der Waals surface area contributed by atoms with Crippen molar-refractivity contribution in [3.63, 3.8) is 0 Å². The summed E-state index contributed by atoms with van der Waals surface area (Å²) in [4.78, 5) is 14.8. The summed E-state index contributed by atoms with van der Waals surface area (Å²) in [5.41, 5.74) is 11.5. The average Bonchev–Trinajstić information content (AvgIpc) is 3.95. The van der Waals surface area contributed by atoms with Gasteiger partial charge in [-0.3, -0.25) is 0 Å². The maximum atomic E-state index is 6.63. The third-order valence-corrected chi connectivity index (χ3v) is 11.1. The zero-order valence-corrected chi connectivity index (χ0v) is 30.4. The van der Waals surface area contributed by atoms with Gasteiger partial charge in [0.2, 0.25) is 0 Å². The van der Waals surface area contributed by atoms with Crippen molar-refractivity contribution in [2.45, 2.75) is 0 Å². The molecule has 0 saturated heterocycles. The molecular formula is C51H30N4O2. The zero-order valence-electron chi connectivity index (χ0n) is 30.4.